The summed E-state index contributed by atoms with van der Waals surface area (Å²) < 4.78 is 43.4. The van der Waals surface area contributed by atoms with Gasteiger partial charge in [0, 0.05) is 16.2 Å². The number of amides is 2. The summed E-state index contributed by atoms with van der Waals surface area (Å²) in [6.45, 7) is 1.99. The SMILES string of the molecule is CCCc1cc(C(=O)OC)c(NC(=O)C[C@@H]2Sc3ccc(C(F)(F)F)cc3NC2=O)s1. The van der Waals surface area contributed by atoms with E-state index in [-0.39, 0.29) is 17.7 Å². The first-order chi connectivity index (χ1) is 14.6. The number of nitrogens with one attached hydrogen (secondary N) is 2. The molecule has 11 heteroatoms. The quantitative estimate of drug-likeness (QED) is 0.582. The molecule has 1 atom stereocenters. The van der Waals surface area contributed by atoms with Gasteiger partial charge in [-0.3, -0.25) is 9.59 Å². The van der Waals surface area contributed by atoms with Crippen LogP contribution < -0.4 is 10.6 Å². The minimum Gasteiger partial charge on any atom is -0.465 e. The molecule has 0 saturated heterocycles. The molecule has 0 unspecified atom stereocenters. The number of thiophene rings is 1. The van der Waals surface area contributed by atoms with Gasteiger partial charge in [0.15, 0.2) is 0 Å². The Morgan fingerprint density at radius 1 is 1.26 bits per heavy atom. The number of halogens is 3. The number of anilines is 2. The molecule has 31 heavy (non-hydrogen) atoms. The molecule has 1 aliphatic rings. The number of benzene rings is 1. The first kappa shape index (κ1) is 23.1. The van der Waals surface area contributed by atoms with Crippen molar-refractivity contribution in [2.24, 2.45) is 0 Å². The maximum Gasteiger partial charge on any atom is 0.416 e. The number of fused-ring (bicyclic) bond motifs is 1. The van der Waals surface area contributed by atoms with Gasteiger partial charge in [0.2, 0.25) is 11.8 Å². The minimum absolute atomic E-state index is 0.0666. The second-order valence-corrected chi connectivity index (χ2v) is 9.14. The van der Waals surface area contributed by atoms with Crippen molar-refractivity contribution in [3.63, 3.8) is 0 Å². The number of esters is 1. The Hall–Kier alpha value is -2.53. The van der Waals surface area contributed by atoms with E-state index in [9.17, 15) is 27.6 Å². The summed E-state index contributed by atoms with van der Waals surface area (Å²) in [4.78, 5) is 38.3. The van der Waals surface area contributed by atoms with Crippen LogP contribution in [0.4, 0.5) is 23.9 Å². The zero-order chi connectivity index (χ0) is 22.8. The van der Waals surface area contributed by atoms with Crippen LogP contribution in [-0.4, -0.2) is 30.1 Å². The second-order valence-electron chi connectivity index (χ2n) is 6.75. The van der Waals surface area contributed by atoms with Crippen molar-refractivity contribution in [1.82, 2.24) is 0 Å². The smallest absolute Gasteiger partial charge is 0.416 e. The second kappa shape index (κ2) is 9.31. The third-order valence-electron chi connectivity index (χ3n) is 4.43. The van der Waals surface area contributed by atoms with Gasteiger partial charge in [-0.1, -0.05) is 13.3 Å². The van der Waals surface area contributed by atoms with Crippen LogP contribution in [-0.2, 0) is 26.9 Å². The molecular weight excluding hydrogens is 453 g/mol. The fraction of sp³-hybridized carbons (Fsp3) is 0.350. The van der Waals surface area contributed by atoms with Gasteiger partial charge in [-0.25, -0.2) is 4.79 Å². The third-order valence-corrected chi connectivity index (χ3v) is 6.82. The standard InChI is InChI=1S/C20H19F3N2O4S2/c1-3-4-11-8-12(19(28)29-2)18(30-11)25-16(26)9-15-17(27)24-13-7-10(20(21,22)23)5-6-14(13)31-15/h5-8,15H,3-4,9H2,1-2H3,(H,24,27)(H,25,26)/t15-/m0/s1. The molecule has 0 aliphatic carbocycles. The number of ether oxygens (including phenoxy) is 1. The molecule has 6 nitrogen and oxygen atoms in total. The monoisotopic (exact) mass is 472 g/mol. The highest BCUT2D eigenvalue weighted by atomic mass is 32.2. The molecule has 1 aromatic heterocycles. The van der Waals surface area contributed by atoms with Crippen molar-refractivity contribution < 1.29 is 32.3 Å². The van der Waals surface area contributed by atoms with Crippen LogP contribution in [0.3, 0.4) is 0 Å². The molecule has 2 aromatic rings. The molecule has 0 radical (unpaired) electrons. The zero-order valence-electron chi connectivity index (χ0n) is 16.6. The topological polar surface area (TPSA) is 84.5 Å². The first-order valence-corrected chi connectivity index (χ1v) is 11.0. The van der Waals surface area contributed by atoms with Crippen molar-refractivity contribution in [3.05, 3.63) is 40.3 Å². The van der Waals surface area contributed by atoms with Crippen LogP contribution in [0.2, 0.25) is 0 Å². The van der Waals surface area contributed by atoms with E-state index in [1.165, 1.54) is 24.5 Å². The molecule has 0 spiro atoms. The van der Waals surface area contributed by atoms with Crippen LogP contribution >= 0.6 is 23.1 Å². The molecule has 1 aliphatic heterocycles. The predicted molar refractivity (Wildman–Crippen MR) is 113 cm³/mol. The van der Waals surface area contributed by atoms with Gasteiger partial charge in [0.05, 0.1) is 29.2 Å². The maximum atomic E-state index is 12.9. The summed E-state index contributed by atoms with van der Waals surface area (Å²) in [6.07, 6.45) is -3.13. The van der Waals surface area contributed by atoms with E-state index < -0.39 is 34.8 Å². The molecule has 2 heterocycles. The van der Waals surface area contributed by atoms with Gasteiger partial charge in [0.1, 0.15) is 5.00 Å². The highest BCUT2D eigenvalue weighted by Gasteiger charge is 2.34. The van der Waals surface area contributed by atoms with Gasteiger partial charge < -0.3 is 15.4 Å². The molecule has 0 bridgehead atoms. The van der Waals surface area contributed by atoms with Crippen LogP contribution in [0.15, 0.2) is 29.2 Å². The van der Waals surface area contributed by atoms with Gasteiger partial charge in [-0.05, 0) is 30.7 Å². The lowest BCUT2D eigenvalue weighted by Gasteiger charge is -2.24. The van der Waals surface area contributed by atoms with Crippen molar-refractivity contribution >= 4 is 51.6 Å². The Kier molecular flexibility index (Phi) is 6.95. The number of alkyl halides is 3. The number of hydrogen-bond donors (Lipinski definition) is 2. The van der Waals surface area contributed by atoms with E-state index in [1.807, 2.05) is 6.92 Å². The Morgan fingerprint density at radius 2 is 2.00 bits per heavy atom. The Bertz CT molecular complexity index is 1020. The normalized spacial score (nSPS) is 15.8. The summed E-state index contributed by atoms with van der Waals surface area (Å²) in [5, 5.41) is 4.63. The highest BCUT2D eigenvalue weighted by molar-refractivity contribution is 8.01. The number of aryl methyl sites for hydroxylation is 1. The van der Waals surface area contributed by atoms with Gasteiger partial charge in [0.25, 0.3) is 0 Å². The lowest BCUT2D eigenvalue weighted by Crippen LogP contribution is -2.32. The maximum absolute atomic E-state index is 12.9. The van der Waals surface area contributed by atoms with Crippen molar-refractivity contribution in [1.29, 1.82) is 0 Å². The van der Waals surface area contributed by atoms with E-state index in [1.54, 1.807) is 6.07 Å². The number of carbonyl (C=O) groups is 3. The van der Waals surface area contributed by atoms with Crippen LogP contribution in [0, 0.1) is 0 Å². The van der Waals surface area contributed by atoms with Crippen LogP contribution in [0.5, 0.6) is 0 Å². The van der Waals surface area contributed by atoms with E-state index >= 15 is 0 Å². The van der Waals surface area contributed by atoms with E-state index in [4.69, 9.17) is 4.74 Å². The number of rotatable bonds is 6. The predicted octanol–water partition coefficient (Wildman–Crippen LogP) is 4.95. The highest BCUT2D eigenvalue weighted by Crippen LogP contribution is 2.41. The van der Waals surface area contributed by atoms with Crippen molar-refractivity contribution in [2.75, 3.05) is 17.7 Å². The number of methoxy groups -OCH3 is 1. The van der Waals surface area contributed by atoms with Gasteiger partial charge in [-0.2, -0.15) is 13.2 Å². The average molecular weight is 473 g/mol. The molecule has 2 N–H and O–H groups in total. The largest absolute Gasteiger partial charge is 0.465 e. The van der Waals surface area contributed by atoms with E-state index in [0.717, 1.165) is 41.6 Å². The molecule has 166 valence electrons. The van der Waals surface area contributed by atoms with Gasteiger partial charge in [-0.15, -0.1) is 23.1 Å². The summed E-state index contributed by atoms with van der Waals surface area (Å²) in [5.41, 5.74) is -0.550. The number of carbonyl (C=O) groups excluding carboxylic acids is 3. The van der Waals surface area contributed by atoms with Crippen molar-refractivity contribution in [2.45, 2.75) is 42.5 Å². The minimum atomic E-state index is -4.52. The summed E-state index contributed by atoms with van der Waals surface area (Å²) in [6, 6.07) is 4.76. The Labute approximate surface area is 184 Å². The van der Waals surface area contributed by atoms with Gasteiger partial charge >= 0.3 is 12.1 Å². The molecule has 3 rings (SSSR count). The molecule has 1 aromatic carbocycles. The summed E-state index contributed by atoms with van der Waals surface area (Å²) >= 11 is 2.29. The first-order valence-electron chi connectivity index (χ1n) is 9.32. The lowest BCUT2D eigenvalue weighted by molar-refractivity contribution is -0.137. The Morgan fingerprint density at radius 3 is 2.65 bits per heavy atom. The number of thioether (sulfide) groups is 1. The number of hydrogen-bond acceptors (Lipinski definition) is 6. The molecular formula is C20H19F3N2O4S2. The fourth-order valence-corrected chi connectivity index (χ4v) is 5.23. The third kappa shape index (κ3) is 5.40. The van der Waals surface area contributed by atoms with E-state index in [2.05, 4.69) is 10.6 Å². The lowest BCUT2D eigenvalue weighted by atomic mass is 10.1. The molecule has 0 saturated carbocycles. The van der Waals surface area contributed by atoms with Crippen LogP contribution in [0.25, 0.3) is 0 Å². The average Bonchev–Trinajstić information content (AvgIpc) is 3.09. The summed E-state index contributed by atoms with van der Waals surface area (Å²) in [5.74, 6) is -1.62. The van der Waals surface area contributed by atoms with E-state index in [0.29, 0.717) is 9.90 Å². The van der Waals surface area contributed by atoms with Crippen molar-refractivity contribution in [3.8, 4) is 0 Å². The molecule has 0 fully saturated rings. The molecule has 2 amide bonds. The fourth-order valence-electron chi connectivity index (χ4n) is 2.97. The Balaban J connectivity index is 1.72. The van der Waals surface area contributed by atoms with Crippen LogP contribution in [0.1, 0.15) is 40.6 Å². The zero-order valence-corrected chi connectivity index (χ0v) is 18.2. The summed E-state index contributed by atoms with van der Waals surface area (Å²) in [7, 11) is 1.25.